The molecule has 114 valence electrons. The van der Waals surface area contributed by atoms with Gasteiger partial charge in [-0.3, -0.25) is 0 Å². The molecule has 0 aliphatic heterocycles. The zero-order chi connectivity index (χ0) is 15.9. The summed E-state index contributed by atoms with van der Waals surface area (Å²) in [6.45, 7) is 2.99. The summed E-state index contributed by atoms with van der Waals surface area (Å²) in [7, 11) is 0. The number of para-hydroxylation sites is 1. The maximum absolute atomic E-state index is 3.51. The molecule has 0 saturated heterocycles. The Labute approximate surface area is 138 Å². The molecule has 3 aromatic carbocycles. The molecule has 0 aromatic heterocycles. The van der Waals surface area contributed by atoms with Gasteiger partial charge in [0.2, 0.25) is 0 Å². The zero-order valence-corrected chi connectivity index (χ0v) is 13.4. The number of anilines is 1. The van der Waals surface area contributed by atoms with E-state index in [1.165, 1.54) is 22.3 Å². The molecule has 0 spiro atoms. The van der Waals surface area contributed by atoms with E-state index in [-0.39, 0.29) is 0 Å². The van der Waals surface area contributed by atoms with E-state index in [0.29, 0.717) is 0 Å². The van der Waals surface area contributed by atoms with Crippen molar-refractivity contribution in [1.29, 1.82) is 0 Å². The molecule has 0 bridgehead atoms. The van der Waals surface area contributed by atoms with Gasteiger partial charge in [0, 0.05) is 12.2 Å². The summed E-state index contributed by atoms with van der Waals surface area (Å²) in [4.78, 5) is 0. The Morgan fingerprint density at radius 3 is 2.17 bits per heavy atom. The summed E-state index contributed by atoms with van der Waals surface area (Å²) in [5.74, 6) is 0. The Morgan fingerprint density at radius 1 is 0.739 bits per heavy atom. The van der Waals surface area contributed by atoms with Crippen LogP contribution >= 0.6 is 0 Å². The summed E-state index contributed by atoms with van der Waals surface area (Å²) in [5.41, 5.74) is 6.27. The van der Waals surface area contributed by atoms with Crippen LogP contribution in [0.25, 0.3) is 12.2 Å². The van der Waals surface area contributed by atoms with Crippen molar-refractivity contribution in [2.45, 2.75) is 13.5 Å². The van der Waals surface area contributed by atoms with E-state index in [0.717, 1.165) is 12.2 Å². The topological polar surface area (TPSA) is 12.0 Å². The van der Waals surface area contributed by atoms with Gasteiger partial charge in [0.25, 0.3) is 0 Å². The third-order valence-corrected chi connectivity index (χ3v) is 3.94. The molecule has 1 nitrogen and oxygen atoms in total. The lowest BCUT2D eigenvalue weighted by Crippen LogP contribution is -2.03. The van der Waals surface area contributed by atoms with E-state index in [2.05, 4.69) is 91.1 Å². The third kappa shape index (κ3) is 4.10. The van der Waals surface area contributed by atoms with Crippen molar-refractivity contribution in [2.24, 2.45) is 0 Å². The van der Waals surface area contributed by atoms with E-state index in [9.17, 15) is 0 Å². The smallest absolute Gasteiger partial charge is 0.0409 e. The predicted octanol–water partition coefficient (Wildman–Crippen LogP) is 5.78. The summed E-state index contributed by atoms with van der Waals surface area (Å²) in [5, 5.41) is 3.51. The molecule has 0 aliphatic carbocycles. The Kier molecular flexibility index (Phi) is 4.90. The van der Waals surface area contributed by atoms with Gasteiger partial charge in [-0.1, -0.05) is 78.9 Å². The number of hydrogen-bond acceptors (Lipinski definition) is 1. The van der Waals surface area contributed by atoms with Gasteiger partial charge in [-0.05, 0) is 41.3 Å². The van der Waals surface area contributed by atoms with Crippen LogP contribution in [0.2, 0.25) is 0 Å². The highest BCUT2D eigenvalue weighted by atomic mass is 14.9. The van der Waals surface area contributed by atoms with Gasteiger partial charge in [-0.15, -0.1) is 0 Å². The van der Waals surface area contributed by atoms with Gasteiger partial charge in [-0.25, -0.2) is 0 Å². The van der Waals surface area contributed by atoms with Crippen molar-refractivity contribution in [3.8, 4) is 0 Å². The van der Waals surface area contributed by atoms with Crippen molar-refractivity contribution in [3.05, 3.63) is 101 Å². The molecule has 0 aliphatic rings. The number of rotatable bonds is 5. The Bertz CT molecular complexity index is 774. The van der Waals surface area contributed by atoms with E-state index >= 15 is 0 Å². The first-order chi connectivity index (χ1) is 11.3. The van der Waals surface area contributed by atoms with Crippen LogP contribution in [0.5, 0.6) is 0 Å². The van der Waals surface area contributed by atoms with Gasteiger partial charge in [-0.2, -0.15) is 0 Å². The van der Waals surface area contributed by atoms with Gasteiger partial charge < -0.3 is 5.32 Å². The van der Waals surface area contributed by atoms with Crippen molar-refractivity contribution in [2.75, 3.05) is 5.32 Å². The fraction of sp³-hybridized carbons (Fsp3) is 0.0909. The van der Waals surface area contributed by atoms with Crippen LogP contribution in [0.1, 0.15) is 22.3 Å². The second kappa shape index (κ2) is 7.46. The fourth-order valence-electron chi connectivity index (χ4n) is 2.62. The summed E-state index contributed by atoms with van der Waals surface area (Å²) in [6.07, 6.45) is 4.37. The molecule has 0 fully saturated rings. The van der Waals surface area contributed by atoms with E-state index < -0.39 is 0 Å². The summed E-state index contributed by atoms with van der Waals surface area (Å²) < 4.78 is 0. The number of aryl methyl sites for hydroxylation is 1. The highest BCUT2D eigenvalue weighted by Crippen LogP contribution is 2.19. The molecule has 3 rings (SSSR count). The molecule has 23 heavy (non-hydrogen) atoms. The zero-order valence-electron chi connectivity index (χ0n) is 13.4. The quantitative estimate of drug-likeness (QED) is 0.589. The predicted molar refractivity (Wildman–Crippen MR) is 100 cm³/mol. The Morgan fingerprint density at radius 2 is 1.43 bits per heavy atom. The van der Waals surface area contributed by atoms with Crippen LogP contribution < -0.4 is 5.32 Å². The van der Waals surface area contributed by atoms with Crippen molar-refractivity contribution < 1.29 is 0 Å². The second-order valence-corrected chi connectivity index (χ2v) is 5.61. The standard InChI is InChI=1S/C22H21N/c1-18-9-8-12-20(16-15-19-10-4-2-5-11-19)22(18)17-23-21-13-6-3-7-14-21/h2-16,23H,17H2,1H3/b16-15+. The minimum absolute atomic E-state index is 0.825. The first kappa shape index (κ1) is 15.1. The molecule has 0 radical (unpaired) electrons. The average molecular weight is 299 g/mol. The van der Waals surface area contributed by atoms with Crippen LogP contribution in [-0.2, 0) is 6.54 Å². The summed E-state index contributed by atoms with van der Waals surface area (Å²) >= 11 is 0. The van der Waals surface area contributed by atoms with Crippen LogP contribution in [0.15, 0.2) is 78.9 Å². The van der Waals surface area contributed by atoms with Crippen molar-refractivity contribution >= 4 is 17.8 Å². The van der Waals surface area contributed by atoms with Crippen molar-refractivity contribution in [3.63, 3.8) is 0 Å². The van der Waals surface area contributed by atoms with Crippen LogP contribution in [0.4, 0.5) is 5.69 Å². The molecule has 1 heteroatoms. The van der Waals surface area contributed by atoms with Gasteiger partial charge in [0.05, 0.1) is 0 Å². The maximum Gasteiger partial charge on any atom is 0.0409 e. The van der Waals surface area contributed by atoms with E-state index in [1.54, 1.807) is 0 Å². The lowest BCUT2D eigenvalue weighted by molar-refractivity contribution is 1.11. The van der Waals surface area contributed by atoms with E-state index in [4.69, 9.17) is 0 Å². The minimum Gasteiger partial charge on any atom is -0.381 e. The normalized spacial score (nSPS) is 10.8. The number of nitrogens with one attached hydrogen (secondary N) is 1. The van der Waals surface area contributed by atoms with Crippen molar-refractivity contribution in [1.82, 2.24) is 0 Å². The molecular formula is C22H21N. The Balaban J connectivity index is 1.81. The minimum atomic E-state index is 0.825. The first-order valence-corrected chi connectivity index (χ1v) is 7.93. The molecule has 0 amide bonds. The maximum atomic E-state index is 3.51. The summed E-state index contributed by atoms with van der Waals surface area (Å²) in [6, 6.07) is 27.2. The third-order valence-electron chi connectivity index (χ3n) is 3.94. The lowest BCUT2D eigenvalue weighted by Gasteiger charge is -2.12. The SMILES string of the molecule is Cc1cccc(/C=C/c2ccccc2)c1CNc1ccccc1. The van der Waals surface area contributed by atoms with E-state index in [1.807, 2.05) is 12.1 Å². The molecular weight excluding hydrogens is 278 g/mol. The lowest BCUT2D eigenvalue weighted by atomic mass is 10.0. The van der Waals surface area contributed by atoms with Crippen LogP contribution in [-0.4, -0.2) is 0 Å². The fourth-order valence-corrected chi connectivity index (χ4v) is 2.62. The largest absolute Gasteiger partial charge is 0.381 e. The molecule has 0 unspecified atom stereocenters. The van der Waals surface area contributed by atoms with Crippen LogP contribution in [0, 0.1) is 6.92 Å². The molecule has 0 atom stereocenters. The second-order valence-electron chi connectivity index (χ2n) is 5.61. The molecule has 0 heterocycles. The highest BCUT2D eigenvalue weighted by Gasteiger charge is 2.03. The van der Waals surface area contributed by atoms with Gasteiger partial charge >= 0.3 is 0 Å². The molecule has 3 aromatic rings. The molecule has 1 N–H and O–H groups in total. The first-order valence-electron chi connectivity index (χ1n) is 7.93. The average Bonchev–Trinajstić information content (AvgIpc) is 2.61. The highest BCUT2D eigenvalue weighted by molar-refractivity contribution is 5.72. The number of benzene rings is 3. The Hall–Kier alpha value is -2.80. The molecule has 0 saturated carbocycles. The van der Waals surface area contributed by atoms with Gasteiger partial charge in [0.1, 0.15) is 0 Å². The number of hydrogen-bond donors (Lipinski definition) is 1. The van der Waals surface area contributed by atoms with Gasteiger partial charge in [0.15, 0.2) is 0 Å². The van der Waals surface area contributed by atoms with Crippen LogP contribution in [0.3, 0.4) is 0 Å². The monoisotopic (exact) mass is 299 g/mol.